The van der Waals surface area contributed by atoms with E-state index in [1.807, 2.05) is 0 Å². The third kappa shape index (κ3) is 3.44. The number of aliphatic carboxylic acids is 2. The summed E-state index contributed by atoms with van der Waals surface area (Å²) in [6.45, 7) is 1.99. The normalized spacial score (nSPS) is 18.5. The van der Waals surface area contributed by atoms with Crippen molar-refractivity contribution in [3.05, 3.63) is 0 Å². The average Bonchev–Trinajstić information content (AvgIpc) is 2.23. The summed E-state index contributed by atoms with van der Waals surface area (Å²) in [6.07, 6.45) is -1.61. The van der Waals surface area contributed by atoms with E-state index in [4.69, 9.17) is 20.1 Å². The molecule has 0 heterocycles. The minimum atomic E-state index is -1.61. The van der Waals surface area contributed by atoms with E-state index in [1.165, 1.54) is 13.8 Å². The SMILES string of the molecule is CO[C@H](OC(C)(CO)[C@H](C)C(=O)O)C(=O)O. The number of hydrogen-bond donors (Lipinski definition) is 3. The molecule has 0 amide bonds. The van der Waals surface area contributed by atoms with E-state index in [-0.39, 0.29) is 0 Å². The third-order valence-corrected chi connectivity index (χ3v) is 2.39. The Bertz CT molecular complexity index is 265. The molecule has 0 aliphatic rings. The van der Waals surface area contributed by atoms with Crippen molar-refractivity contribution < 1.29 is 34.4 Å². The van der Waals surface area contributed by atoms with Crippen LogP contribution in [0.15, 0.2) is 0 Å². The second-order valence-electron chi connectivity index (χ2n) is 3.55. The van der Waals surface area contributed by atoms with Crippen molar-refractivity contribution in [3.63, 3.8) is 0 Å². The molecular formula is C9H16O7. The topological polar surface area (TPSA) is 113 Å². The fourth-order valence-electron chi connectivity index (χ4n) is 0.981. The molecule has 0 aliphatic heterocycles. The Morgan fingerprint density at radius 2 is 1.81 bits per heavy atom. The van der Waals surface area contributed by atoms with Gasteiger partial charge in [0.2, 0.25) is 0 Å². The van der Waals surface area contributed by atoms with Crippen molar-refractivity contribution in [2.24, 2.45) is 5.92 Å². The van der Waals surface area contributed by atoms with Crippen molar-refractivity contribution in [2.45, 2.75) is 25.7 Å². The van der Waals surface area contributed by atoms with Gasteiger partial charge < -0.3 is 24.8 Å². The van der Waals surface area contributed by atoms with Crippen LogP contribution in [0.2, 0.25) is 0 Å². The summed E-state index contributed by atoms with van der Waals surface area (Å²) in [6, 6.07) is 0. The maximum Gasteiger partial charge on any atom is 0.361 e. The average molecular weight is 236 g/mol. The van der Waals surface area contributed by atoms with E-state index in [1.54, 1.807) is 0 Å². The molecule has 3 N–H and O–H groups in total. The van der Waals surface area contributed by atoms with Gasteiger partial charge in [0.15, 0.2) is 0 Å². The zero-order valence-corrected chi connectivity index (χ0v) is 9.34. The van der Waals surface area contributed by atoms with Crippen molar-refractivity contribution >= 4 is 11.9 Å². The molecule has 0 rings (SSSR count). The molecule has 1 unspecified atom stereocenters. The summed E-state index contributed by atoms with van der Waals surface area (Å²) in [5.74, 6) is -3.66. The van der Waals surface area contributed by atoms with E-state index in [0.29, 0.717) is 0 Å². The summed E-state index contributed by atoms with van der Waals surface area (Å²) >= 11 is 0. The van der Waals surface area contributed by atoms with Gasteiger partial charge in [-0.1, -0.05) is 0 Å². The summed E-state index contributed by atoms with van der Waals surface area (Å²) in [4.78, 5) is 21.4. The Morgan fingerprint density at radius 3 is 2.06 bits per heavy atom. The number of carboxylic acid groups (broad SMARTS) is 2. The fourth-order valence-corrected chi connectivity index (χ4v) is 0.981. The maximum atomic E-state index is 10.8. The van der Waals surface area contributed by atoms with Crippen LogP contribution in [0.1, 0.15) is 13.8 Å². The van der Waals surface area contributed by atoms with Gasteiger partial charge in [-0.2, -0.15) is 0 Å². The molecule has 0 saturated carbocycles. The van der Waals surface area contributed by atoms with Gasteiger partial charge in [-0.15, -0.1) is 0 Å². The number of ether oxygens (including phenoxy) is 2. The number of rotatable bonds is 7. The highest BCUT2D eigenvalue weighted by Gasteiger charge is 2.40. The van der Waals surface area contributed by atoms with Gasteiger partial charge in [-0.05, 0) is 13.8 Å². The van der Waals surface area contributed by atoms with Crippen LogP contribution in [0.4, 0.5) is 0 Å². The van der Waals surface area contributed by atoms with E-state index < -0.39 is 36.4 Å². The largest absolute Gasteiger partial charge is 0.481 e. The van der Waals surface area contributed by atoms with Crippen LogP contribution in [0.5, 0.6) is 0 Å². The van der Waals surface area contributed by atoms with Crippen LogP contribution >= 0.6 is 0 Å². The quantitative estimate of drug-likeness (QED) is 0.512. The van der Waals surface area contributed by atoms with Gasteiger partial charge >= 0.3 is 11.9 Å². The first-order valence-electron chi connectivity index (χ1n) is 4.55. The fraction of sp³-hybridized carbons (Fsp3) is 0.778. The van der Waals surface area contributed by atoms with Gasteiger partial charge in [-0.3, -0.25) is 4.79 Å². The Hall–Kier alpha value is -1.18. The van der Waals surface area contributed by atoms with Crippen molar-refractivity contribution in [2.75, 3.05) is 13.7 Å². The molecule has 0 fully saturated rings. The van der Waals surface area contributed by atoms with Crippen molar-refractivity contribution in [3.8, 4) is 0 Å². The summed E-state index contributed by atoms with van der Waals surface area (Å²) in [5.41, 5.74) is -1.52. The zero-order chi connectivity index (χ0) is 12.9. The minimum absolute atomic E-state index is 0.631. The lowest BCUT2D eigenvalue weighted by atomic mass is 9.91. The molecule has 0 spiro atoms. The van der Waals surface area contributed by atoms with E-state index in [2.05, 4.69) is 4.74 Å². The summed E-state index contributed by atoms with van der Waals surface area (Å²) in [7, 11) is 1.11. The third-order valence-electron chi connectivity index (χ3n) is 2.39. The Morgan fingerprint density at radius 1 is 1.31 bits per heavy atom. The molecule has 0 aliphatic carbocycles. The first-order valence-corrected chi connectivity index (χ1v) is 4.55. The molecule has 0 radical (unpaired) electrons. The molecule has 94 valence electrons. The Balaban J connectivity index is 4.83. The lowest BCUT2D eigenvalue weighted by molar-refractivity contribution is -0.232. The molecule has 7 nitrogen and oxygen atoms in total. The van der Waals surface area contributed by atoms with Gasteiger partial charge in [0.25, 0.3) is 6.29 Å². The van der Waals surface area contributed by atoms with Crippen LogP contribution in [0.25, 0.3) is 0 Å². The van der Waals surface area contributed by atoms with Gasteiger partial charge in [0.05, 0.1) is 12.5 Å². The first kappa shape index (κ1) is 14.8. The maximum absolute atomic E-state index is 10.8. The van der Waals surface area contributed by atoms with Gasteiger partial charge in [0.1, 0.15) is 5.60 Å². The molecule has 7 heteroatoms. The van der Waals surface area contributed by atoms with Gasteiger partial charge in [0, 0.05) is 7.11 Å². The summed E-state index contributed by atoms with van der Waals surface area (Å²) < 4.78 is 9.48. The highest BCUT2D eigenvalue weighted by molar-refractivity contribution is 5.72. The number of aliphatic hydroxyl groups is 1. The van der Waals surface area contributed by atoms with Crippen LogP contribution < -0.4 is 0 Å². The monoisotopic (exact) mass is 236 g/mol. The van der Waals surface area contributed by atoms with Crippen molar-refractivity contribution in [1.29, 1.82) is 0 Å². The Labute approximate surface area is 92.6 Å². The smallest absolute Gasteiger partial charge is 0.361 e. The predicted octanol–water partition coefficient (Wildman–Crippen LogP) is -0.468. The first-order chi connectivity index (χ1) is 7.28. The number of carboxylic acids is 2. The molecule has 0 aromatic heterocycles. The number of carbonyl (C=O) groups is 2. The van der Waals surface area contributed by atoms with Crippen molar-refractivity contribution in [1.82, 2.24) is 0 Å². The van der Waals surface area contributed by atoms with Gasteiger partial charge in [-0.25, -0.2) is 4.79 Å². The minimum Gasteiger partial charge on any atom is -0.481 e. The van der Waals surface area contributed by atoms with Crippen LogP contribution in [0, 0.1) is 5.92 Å². The highest BCUT2D eigenvalue weighted by atomic mass is 16.7. The van der Waals surface area contributed by atoms with E-state index in [9.17, 15) is 9.59 Å². The summed E-state index contributed by atoms with van der Waals surface area (Å²) in [5, 5.41) is 26.6. The molecule has 0 bridgehead atoms. The van der Waals surface area contributed by atoms with Crippen LogP contribution in [0.3, 0.4) is 0 Å². The molecular weight excluding hydrogens is 220 g/mol. The van der Waals surface area contributed by atoms with E-state index in [0.717, 1.165) is 7.11 Å². The zero-order valence-electron chi connectivity index (χ0n) is 9.34. The lowest BCUT2D eigenvalue weighted by Gasteiger charge is -2.33. The second kappa shape index (κ2) is 5.78. The standard InChI is InChI=1S/C9H16O7/c1-5(6(11)12)9(2,4-10)16-8(15-3)7(13)14/h5,8,10H,4H2,1-3H3,(H,11,12)(H,13,14)/t5-,8-,9?/m1/s1. The van der Waals surface area contributed by atoms with E-state index >= 15 is 0 Å². The number of methoxy groups -OCH3 is 1. The van der Waals surface area contributed by atoms with Crippen LogP contribution in [-0.4, -0.2) is 52.9 Å². The second-order valence-corrected chi connectivity index (χ2v) is 3.55. The molecule has 16 heavy (non-hydrogen) atoms. The number of hydrogen-bond acceptors (Lipinski definition) is 5. The van der Waals surface area contributed by atoms with Crippen LogP contribution in [-0.2, 0) is 19.1 Å². The lowest BCUT2D eigenvalue weighted by Crippen LogP contribution is -2.48. The predicted molar refractivity (Wildman–Crippen MR) is 51.8 cm³/mol. The number of aliphatic hydroxyl groups excluding tert-OH is 1. The molecule has 0 aromatic rings. The molecule has 3 atom stereocenters. The Kier molecular flexibility index (Phi) is 5.36. The highest BCUT2D eigenvalue weighted by Crippen LogP contribution is 2.23. The molecule has 0 saturated heterocycles. The molecule has 0 aromatic carbocycles.